The molecule has 1 aromatic carbocycles. The first-order valence-corrected chi connectivity index (χ1v) is 10.6. The number of fused-ring (bicyclic) bond motifs is 3. The molecule has 2 aromatic rings. The Morgan fingerprint density at radius 2 is 1.74 bits per heavy atom. The van der Waals surface area contributed by atoms with Gasteiger partial charge in [0.25, 0.3) is 11.5 Å². The van der Waals surface area contributed by atoms with Gasteiger partial charge < -0.3 is 14.5 Å². The molecule has 0 saturated carbocycles. The molecule has 0 spiro atoms. The molecule has 0 radical (unpaired) electrons. The number of carbonyl (C=O) groups is 2. The Morgan fingerprint density at radius 3 is 2.39 bits per heavy atom. The highest BCUT2D eigenvalue weighted by Gasteiger charge is 2.38. The van der Waals surface area contributed by atoms with Crippen molar-refractivity contribution in [1.29, 1.82) is 0 Å². The van der Waals surface area contributed by atoms with Crippen LogP contribution in [0.5, 0.6) is 0 Å². The van der Waals surface area contributed by atoms with E-state index in [1.807, 2.05) is 0 Å². The number of pyridine rings is 1. The van der Waals surface area contributed by atoms with Crippen molar-refractivity contribution in [1.82, 2.24) is 14.4 Å². The molecule has 0 N–H and O–H groups in total. The second kappa shape index (κ2) is 7.60. The molecule has 2 saturated heterocycles. The van der Waals surface area contributed by atoms with Gasteiger partial charge in [-0.3, -0.25) is 19.0 Å². The number of hydrogen-bond donors (Lipinski definition) is 0. The van der Waals surface area contributed by atoms with Crippen molar-refractivity contribution in [2.75, 3.05) is 19.6 Å². The second-order valence-electron chi connectivity index (χ2n) is 8.52. The van der Waals surface area contributed by atoms with Crippen molar-refractivity contribution in [3.8, 4) is 5.69 Å². The highest BCUT2D eigenvalue weighted by atomic mass is 19.1. The summed E-state index contributed by atoms with van der Waals surface area (Å²) < 4.78 is 20.7. The standard InChI is InChI=1S/C23H24FN3O4/c1-14(28)25-9-8-20-15(10-25)11-27(17-4-2-16(24)3-5-17)23(30)21(20)22(29)26-12-18-6-7-19(13-26)31-18/h2-5,11,18-19H,6-10,12-13H2,1H3/t18-,19+. The minimum absolute atomic E-state index is 0.0229. The zero-order chi connectivity index (χ0) is 21.7. The van der Waals surface area contributed by atoms with Crippen LogP contribution < -0.4 is 5.56 Å². The summed E-state index contributed by atoms with van der Waals surface area (Å²) in [6.07, 6.45) is 4.03. The lowest BCUT2D eigenvalue weighted by molar-refractivity contribution is -0.129. The van der Waals surface area contributed by atoms with Gasteiger partial charge in [0.05, 0.1) is 12.2 Å². The topological polar surface area (TPSA) is 71.9 Å². The summed E-state index contributed by atoms with van der Waals surface area (Å²) in [4.78, 5) is 42.5. The van der Waals surface area contributed by atoms with Crippen LogP contribution in [-0.4, -0.2) is 58.0 Å². The van der Waals surface area contributed by atoms with Crippen LogP contribution >= 0.6 is 0 Å². The van der Waals surface area contributed by atoms with Gasteiger partial charge in [-0.15, -0.1) is 0 Å². The molecular weight excluding hydrogens is 401 g/mol. The molecule has 5 rings (SSSR count). The largest absolute Gasteiger partial charge is 0.371 e. The number of rotatable bonds is 2. The average molecular weight is 425 g/mol. The Morgan fingerprint density at radius 1 is 1.06 bits per heavy atom. The average Bonchev–Trinajstić information content (AvgIpc) is 3.10. The Bertz CT molecular complexity index is 1100. The molecule has 3 aliphatic rings. The van der Waals surface area contributed by atoms with Crippen LogP contribution in [0.2, 0.25) is 0 Å². The molecule has 2 fully saturated rings. The van der Waals surface area contributed by atoms with Crippen molar-refractivity contribution >= 4 is 11.8 Å². The fourth-order valence-electron chi connectivity index (χ4n) is 4.88. The summed E-state index contributed by atoms with van der Waals surface area (Å²) in [5.74, 6) is -0.741. The van der Waals surface area contributed by atoms with Gasteiger partial charge >= 0.3 is 0 Å². The summed E-state index contributed by atoms with van der Waals surface area (Å²) in [6.45, 7) is 3.28. The fraction of sp³-hybridized carbons (Fsp3) is 0.435. The van der Waals surface area contributed by atoms with E-state index in [1.165, 1.54) is 35.8 Å². The third-order valence-electron chi connectivity index (χ3n) is 6.49. The van der Waals surface area contributed by atoms with Gasteiger partial charge in [0.15, 0.2) is 0 Å². The fourth-order valence-corrected chi connectivity index (χ4v) is 4.88. The Labute approximate surface area is 179 Å². The Hall–Kier alpha value is -3.00. The van der Waals surface area contributed by atoms with E-state index in [-0.39, 0.29) is 29.6 Å². The summed E-state index contributed by atoms with van der Waals surface area (Å²) >= 11 is 0. The second-order valence-corrected chi connectivity index (χ2v) is 8.52. The van der Waals surface area contributed by atoms with Crippen molar-refractivity contribution < 1.29 is 18.7 Å². The van der Waals surface area contributed by atoms with Crippen LogP contribution in [0.15, 0.2) is 35.3 Å². The van der Waals surface area contributed by atoms with E-state index in [4.69, 9.17) is 4.74 Å². The quantitative estimate of drug-likeness (QED) is 0.737. The van der Waals surface area contributed by atoms with E-state index in [0.29, 0.717) is 43.9 Å². The molecule has 2 bridgehead atoms. The number of carbonyl (C=O) groups excluding carboxylic acids is 2. The first-order chi connectivity index (χ1) is 14.9. The van der Waals surface area contributed by atoms with Gasteiger partial charge in [-0.25, -0.2) is 4.39 Å². The highest BCUT2D eigenvalue weighted by molar-refractivity contribution is 5.96. The number of halogens is 1. The smallest absolute Gasteiger partial charge is 0.268 e. The molecule has 0 unspecified atom stereocenters. The molecule has 3 aliphatic heterocycles. The van der Waals surface area contributed by atoms with Gasteiger partial charge in [0, 0.05) is 45.0 Å². The lowest BCUT2D eigenvalue weighted by atomic mass is 9.95. The van der Waals surface area contributed by atoms with E-state index in [9.17, 15) is 18.8 Å². The van der Waals surface area contributed by atoms with Gasteiger partial charge in [-0.2, -0.15) is 0 Å². The number of nitrogens with zero attached hydrogens (tertiary/aromatic N) is 3. The number of aromatic nitrogens is 1. The summed E-state index contributed by atoms with van der Waals surface area (Å²) in [5, 5.41) is 0. The number of likely N-dealkylation sites (tertiary alicyclic amines) is 1. The molecule has 162 valence electrons. The molecule has 0 aliphatic carbocycles. The third-order valence-corrected chi connectivity index (χ3v) is 6.49. The lowest BCUT2D eigenvalue weighted by Crippen LogP contribution is -2.48. The Kier molecular flexibility index (Phi) is 4.89. The summed E-state index contributed by atoms with van der Waals surface area (Å²) in [7, 11) is 0. The molecule has 4 heterocycles. The number of amides is 2. The molecular formula is C23H24FN3O4. The van der Waals surface area contributed by atoms with Gasteiger partial charge in [-0.1, -0.05) is 0 Å². The SMILES string of the molecule is CC(=O)N1CCc2c(cn(-c3ccc(F)cc3)c(=O)c2C(=O)N2C[C@H]3CC[C@@H](C2)O3)C1. The molecule has 8 heteroatoms. The van der Waals surface area contributed by atoms with Crippen molar-refractivity contribution in [2.24, 2.45) is 0 Å². The number of benzene rings is 1. The predicted molar refractivity (Wildman–Crippen MR) is 111 cm³/mol. The zero-order valence-electron chi connectivity index (χ0n) is 17.3. The first kappa shape index (κ1) is 19.9. The minimum atomic E-state index is -0.412. The summed E-state index contributed by atoms with van der Waals surface area (Å²) in [6, 6.07) is 5.59. The van der Waals surface area contributed by atoms with Gasteiger partial charge in [-0.05, 0) is 54.7 Å². The van der Waals surface area contributed by atoms with Crippen LogP contribution in [0.25, 0.3) is 5.69 Å². The van der Waals surface area contributed by atoms with Crippen LogP contribution in [0.1, 0.15) is 41.3 Å². The van der Waals surface area contributed by atoms with Crippen molar-refractivity contribution in [3.05, 3.63) is 63.3 Å². The zero-order valence-corrected chi connectivity index (χ0v) is 17.3. The van der Waals surface area contributed by atoms with Gasteiger partial charge in [0.2, 0.25) is 5.91 Å². The monoisotopic (exact) mass is 425 g/mol. The molecule has 31 heavy (non-hydrogen) atoms. The van der Waals surface area contributed by atoms with E-state index < -0.39 is 11.4 Å². The lowest BCUT2D eigenvalue weighted by Gasteiger charge is -2.34. The van der Waals surface area contributed by atoms with Crippen molar-refractivity contribution in [2.45, 2.75) is 44.9 Å². The third kappa shape index (κ3) is 3.54. The van der Waals surface area contributed by atoms with Crippen molar-refractivity contribution in [3.63, 3.8) is 0 Å². The summed E-state index contributed by atoms with van der Waals surface area (Å²) in [5.41, 5.74) is 1.71. The molecule has 2 atom stereocenters. The van der Waals surface area contributed by atoms with E-state index in [2.05, 4.69) is 0 Å². The number of ether oxygens (including phenoxy) is 1. The van der Waals surface area contributed by atoms with Crippen LogP contribution in [0, 0.1) is 5.82 Å². The highest BCUT2D eigenvalue weighted by Crippen LogP contribution is 2.29. The Balaban J connectivity index is 1.62. The van der Waals surface area contributed by atoms with Crippen LogP contribution in [-0.2, 0) is 22.5 Å². The minimum Gasteiger partial charge on any atom is -0.371 e. The molecule has 1 aromatic heterocycles. The molecule has 2 amide bonds. The van der Waals surface area contributed by atoms with E-state index in [0.717, 1.165) is 18.4 Å². The predicted octanol–water partition coefficient (Wildman–Crippen LogP) is 1.88. The number of morpholine rings is 1. The van der Waals surface area contributed by atoms with E-state index >= 15 is 0 Å². The maximum Gasteiger partial charge on any atom is 0.268 e. The maximum atomic E-state index is 13.6. The molecule has 7 nitrogen and oxygen atoms in total. The number of hydrogen-bond acceptors (Lipinski definition) is 4. The first-order valence-electron chi connectivity index (χ1n) is 10.6. The van der Waals surface area contributed by atoms with Crippen LogP contribution in [0.3, 0.4) is 0 Å². The van der Waals surface area contributed by atoms with E-state index in [1.54, 1.807) is 16.0 Å². The van der Waals surface area contributed by atoms with Crippen LogP contribution in [0.4, 0.5) is 4.39 Å². The van der Waals surface area contributed by atoms with Gasteiger partial charge in [0.1, 0.15) is 11.4 Å². The maximum absolute atomic E-state index is 13.6. The normalized spacial score (nSPS) is 22.4.